The zero-order valence-corrected chi connectivity index (χ0v) is 20.8. The van der Waals surface area contributed by atoms with E-state index in [9.17, 15) is 4.79 Å². The predicted molar refractivity (Wildman–Crippen MR) is 140 cm³/mol. The maximum atomic E-state index is 13.7. The zero-order chi connectivity index (χ0) is 25.8. The molecule has 3 aromatic carbocycles. The zero-order valence-electron chi connectivity index (χ0n) is 20.8. The third-order valence-corrected chi connectivity index (χ3v) is 6.14. The minimum Gasteiger partial charge on any atom is -0.497 e. The molecule has 0 radical (unpaired) electrons. The van der Waals surface area contributed by atoms with Crippen LogP contribution >= 0.6 is 0 Å². The average Bonchev–Trinajstić information content (AvgIpc) is 3.40. The van der Waals surface area contributed by atoms with Crippen LogP contribution in [0.4, 0.5) is 11.6 Å². The number of fused-ring (bicyclic) bond motifs is 1. The molecule has 188 valence electrons. The van der Waals surface area contributed by atoms with E-state index >= 15 is 0 Å². The van der Waals surface area contributed by atoms with Crippen LogP contribution in [-0.4, -0.2) is 34.9 Å². The number of hydrogen-bond donors (Lipinski definition) is 2. The minimum atomic E-state index is -0.613. The average molecular weight is 498 g/mol. The smallest absolute Gasteiger partial charge is 0.255 e. The molecule has 9 heteroatoms. The lowest BCUT2D eigenvalue weighted by atomic mass is 9.94. The Morgan fingerprint density at radius 1 is 1.00 bits per heavy atom. The normalized spacial score (nSPS) is 14.4. The largest absolute Gasteiger partial charge is 0.497 e. The summed E-state index contributed by atoms with van der Waals surface area (Å²) in [5.74, 6) is 2.04. The van der Waals surface area contributed by atoms with Gasteiger partial charge >= 0.3 is 0 Å². The first kappa shape index (κ1) is 23.9. The van der Waals surface area contributed by atoms with Crippen molar-refractivity contribution in [2.24, 2.45) is 0 Å². The molecular formula is C28H27N5O4. The number of rotatable bonds is 8. The summed E-state index contributed by atoms with van der Waals surface area (Å²) < 4.78 is 18.9. The van der Waals surface area contributed by atoms with E-state index in [1.807, 2.05) is 55.5 Å². The highest BCUT2D eigenvalue weighted by Gasteiger charge is 2.36. The van der Waals surface area contributed by atoms with Crippen LogP contribution in [0.1, 0.15) is 24.1 Å². The van der Waals surface area contributed by atoms with Gasteiger partial charge in [-0.05, 0) is 42.8 Å². The summed E-state index contributed by atoms with van der Waals surface area (Å²) in [6.45, 7) is 2.18. The molecule has 1 atom stereocenters. The van der Waals surface area contributed by atoms with Crippen LogP contribution in [0.25, 0.3) is 0 Å². The van der Waals surface area contributed by atoms with Crippen molar-refractivity contribution in [1.82, 2.24) is 14.8 Å². The highest BCUT2D eigenvalue weighted by molar-refractivity contribution is 6.06. The number of amides is 1. The first-order valence-corrected chi connectivity index (χ1v) is 11.8. The fraction of sp³-hybridized carbons (Fsp3) is 0.179. The van der Waals surface area contributed by atoms with Crippen LogP contribution in [0.2, 0.25) is 0 Å². The second-order valence-corrected chi connectivity index (χ2v) is 8.43. The van der Waals surface area contributed by atoms with Crippen molar-refractivity contribution >= 4 is 17.5 Å². The van der Waals surface area contributed by atoms with Crippen molar-refractivity contribution in [3.8, 4) is 17.2 Å². The molecule has 5 rings (SSSR count). The lowest BCUT2D eigenvalue weighted by molar-refractivity contribution is -0.113. The Morgan fingerprint density at radius 3 is 2.51 bits per heavy atom. The number of hydrogen-bond acceptors (Lipinski definition) is 7. The maximum absolute atomic E-state index is 13.7. The quantitative estimate of drug-likeness (QED) is 0.361. The van der Waals surface area contributed by atoms with Crippen LogP contribution in [0, 0.1) is 0 Å². The Kier molecular flexibility index (Phi) is 6.76. The fourth-order valence-electron chi connectivity index (χ4n) is 4.34. The molecule has 1 amide bonds. The first-order valence-electron chi connectivity index (χ1n) is 11.8. The molecule has 0 spiro atoms. The summed E-state index contributed by atoms with van der Waals surface area (Å²) in [6, 6.07) is 22.0. The number of allylic oxidation sites excluding steroid dienone is 1. The van der Waals surface area contributed by atoms with Gasteiger partial charge in [0.15, 0.2) is 11.5 Å². The van der Waals surface area contributed by atoms with Gasteiger partial charge in [0.05, 0.1) is 19.8 Å². The van der Waals surface area contributed by atoms with Crippen LogP contribution in [0.3, 0.4) is 0 Å². The highest BCUT2D eigenvalue weighted by atomic mass is 16.5. The fourth-order valence-corrected chi connectivity index (χ4v) is 4.34. The number of methoxy groups -OCH3 is 2. The van der Waals surface area contributed by atoms with Gasteiger partial charge in [0.25, 0.3) is 5.91 Å². The van der Waals surface area contributed by atoms with Crippen molar-refractivity contribution in [2.75, 3.05) is 24.9 Å². The van der Waals surface area contributed by atoms with E-state index in [0.717, 1.165) is 11.1 Å². The number of carbonyl (C=O) groups is 1. The predicted octanol–water partition coefficient (Wildman–Crippen LogP) is 4.80. The third-order valence-electron chi connectivity index (χ3n) is 6.14. The van der Waals surface area contributed by atoms with Crippen molar-refractivity contribution in [1.29, 1.82) is 0 Å². The molecule has 1 aliphatic rings. The van der Waals surface area contributed by atoms with Gasteiger partial charge in [-0.2, -0.15) is 10.1 Å². The molecule has 0 fully saturated rings. The summed E-state index contributed by atoms with van der Waals surface area (Å²) in [4.78, 5) is 18.1. The SMILES string of the molecule is COc1ccc(NC(=O)C2=C(C)Nc3ncnn3[C@H]2c2cccc(OC)c2OCc2ccccc2)cc1. The molecule has 2 N–H and O–H groups in total. The van der Waals surface area contributed by atoms with Crippen molar-refractivity contribution in [3.05, 3.63) is 102 Å². The molecule has 37 heavy (non-hydrogen) atoms. The van der Waals surface area contributed by atoms with E-state index in [2.05, 4.69) is 20.7 Å². The number of ether oxygens (including phenoxy) is 3. The summed E-state index contributed by atoms with van der Waals surface area (Å²) >= 11 is 0. The first-order chi connectivity index (χ1) is 18.1. The molecule has 0 saturated carbocycles. The Morgan fingerprint density at radius 2 is 1.78 bits per heavy atom. The molecule has 0 bridgehead atoms. The third kappa shape index (κ3) is 4.84. The van der Waals surface area contributed by atoms with Crippen LogP contribution in [0.5, 0.6) is 17.2 Å². The van der Waals surface area contributed by atoms with Crippen molar-refractivity contribution in [3.63, 3.8) is 0 Å². The van der Waals surface area contributed by atoms with Gasteiger partial charge < -0.3 is 24.8 Å². The summed E-state index contributed by atoms with van der Waals surface area (Å²) in [6.07, 6.45) is 1.46. The minimum absolute atomic E-state index is 0.279. The van der Waals surface area contributed by atoms with Gasteiger partial charge in [0.2, 0.25) is 5.95 Å². The van der Waals surface area contributed by atoms with Crippen LogP contribution in [0.15, 0.2) is 90.4 Å². The number of nitrogens with one attached hydrogen (secondary N) is 2. The molecule has 1 aromatic heterocycles. The second kappa shape index (κ2) is 10.4. The van der Waals surface area contributed by atoms with Gasteiger partial charge in [-0.15, -0.1) is 0 Å². The number of aromatic nitrogens is 3. The summed E-state index contributed by atoms with van der Waals surface area (Å²) in [5, 5.41) is 10.6. The monoisotopic (exact) mass is 497 g/mol. The maximum Gasteiger partial charge on any atom is 0.255 e. The number of anilines is 2. The molecule has 2 heterocycles. The molecular weight excluding hydrogens is 470 g/mol. The molecule has 0 aliphatic carbocycles. The van der Waals surface area contributed by atoms with Crippen molar-refractivity contribution < 1.29 is 19.0 Å². The Hall–Kier alpha value is -4.79. The van der Waals surface area contributed by atoms with E-state index in [4.69, 9.17) is 14.2 Å². The summed E-state index contributed by atoms with van der Waals surface area (Å²) in [5.41, 5.74) is 3.51. The standard InChI is InChI=1S/C28H27N5O4/c1-18-24(27(34)32-20-12-14-21(35-2)15-13-20)25(33-28(31-18)29-17-30-33)22-10-7-11-23(36-3)26(22)37-16-19-8-5-4-6-9-19/h4-15,17,25H,16H2,1-3H3,(H,32,34)(H,29,30,31)/t25-/m0/s1. The Balaban J connectivity index is 1.55. The number of nitrogens with zero attached hydrogens (tertiary/aromatic N) is 3. The van der Waals surface area contributed by atoms with E-state index in [1.54, 1.807) is 43.2 Å². The topological polar surface area (TPSA) is 99.5 Å². The summed E-state index contributed by atoms with van der Waals surface area (Å²) in [7, 11) is 3.19. The molecule has 9 nitrogen and oxygen atoms in total. The van der Waals surface area contributed by atoms with Gasteiger partial charge in [-0.3, -0.25) is 4.79 Å². The molecule has 1 aliphatic heterocycles. The Labute approximate surface area is 214 Å². The van der Waals surface area contributed by atoms with E-state index in [-0.39, 0.29) is 5.91 Å². The van der Waals surface area contributed by atoms with Gasteiger partial charge in [0, 0.05) is 16.9 Å². The van der Waals surface area contributed by atoms with Gasteiger partial charge in [-0.25, -0.2) is 4.68 Å². The van der Waals surface area contributed by atoms with Gasteiger partial charge in [-0.1, -0.05) is 42.5 Å². The van der Waals surface area contributed by atoms with E-state index < -0.39 is 6.04 Å². The number of benzene rings is 3. The number of carbonyl (C=O) groups excluding carboxylic acids is 1. The van der Waals surface area contributed by atoms with Crippen LogP contribution < -0.4 is 24.8 Å². The van der Waals surface area contributed by atoms with E-state index in [0.29, 0.717) is 46.8 Å². The highest BCUT2D eigenvalue weighted by Crippen LogP contribution is 2.43. The molecule has 0 saturated heterocycles. The van der Waals surface area contributed by atoms with E-state index in [1.165, 1.54) is 6.33 Å². The van der Waals surface area contributed by atoms with Crippen LogP contribution in [-0.2, 0) is 11.4 Å². The second-order valence-electron chi connectivity index (χ2n) is 8.43. The van der Waals surface area contributed by atoms with Gasteiger partial charge in [0.1, 0.15) is 24.7 Å². The lowest BCUT2D eigenvalue weighted by Crippen LogP contribution is -2.31. The molecule has 0 unspecified atom stereocenters. The lowest BCUT2D eigenvalue weighted by Gasteiger charge is -2.30. The van der Waals surface area contributed by atoms with Crippen molar-refractivity contribution in [2.45, 2.75) is 19.6 Å². The molecule has 4 aromatic rings. The Bertz CT molecular complexity index is 1430. The number of para-hydroxylation sites is 1.